The highest BCUT2D eigenvalue weighted by Crippen LogP contribution is 2.35. The van der Waals surface area contributed by atoms with E-state index in [0.29, 0.717) is 10.6 Å². The van der Waals surface area contributed by atoms with Crippen molar-refractivity contribution in [1.82, 2.24) is 10.9 Å². The zero-order chi connectivity index (χ0) is 19.2. The monoisotopic (exact) mass is 401 g/mol. The fourth-order valence-corrected chi connectivity index (χ4v) is 3.48. The van der Waals surface area contributed by atoms with Gasteiger partial charge in [-0.25, -0.2) is 4.79 Å². The van der Waals surface area contributed by atoms with Crippen molar-refractivity contribution < 1.29 is 18.7 Å². The van der Waals surface area contributed by atoms with Crippen LogP contribution < -0.4 is 16.2 Å². The van der Waals surface area contributed by atoms with Crippen LogP contribution in [0.1, 0.15) is 20.9 Å². The standard InChI is InChI=1S/C18H15N3O4S2/c1-24-17(23)12-10-14(11-6-3-2-4-7-11)27-16(12)19-18(26)21-20-15(22)13-8-5-9-25-13/h2-10H,1H3,(H,20,22)(H2,19,21,26). The first kappa shape index (κ1) is 18.6. The zero-order valence-electron chi connectivity index (χ0n) is 14.1. The van der Waals surface area contributed by atoms with E-state index >= 15 is 0 Å². The third kappa shape index (κ3) is 4.52. The molecular formula is C18H15N3O4S2. The number of carbonyl (C=O) groups is 2. The van der Waals surface area contributed by atoms with Gasteiger partial charge in [0.2, 0.25) is 0 Å². The first-order chi connectivity index (χ1) is 13.1. The molecule has 0 saturated heterocycles. The molecule has 3 rings (SSSR count). The van der Waals surface area contributed by atoms with Crippen LogP contribution in [-0.4, -0.2) is 24.1 Å². The molecule has 2 heterocycles. The minimum absolute atomic E-state index is 0.113. The molecule has 7 nitrogen and oxygen atoms in total. The number of thiophene rings is 1. The molecule has 0 spiro atoms. The van der Waals surface area contributed by atoms with Crippen LogP contribution in [0.3, 0.4) is 0 Å². The van der Waals surface area contributed by atoms with Crippen molar-refractivity contribution >= 4 is 45.5 Å². The number of hydrazine groups is 1. The van der Waals surface area contributed by atoms with Crippen LogP contribution in [0.15, 0.2) is 59.2 Å². The molecule has 0 bridgehead atoms. The molecule has 0 aliphatic heterocycles. The van der Waals surface area contributed by atoms with Crippen molar-refractivity contribution in [2.45, 2.75) is 0 Å². The normalized spacial score (nSPS) is 10.1. The molecule has 0 unspecified atom stereocenters. The summed E-state index contributed by atoms with van der Waals surface area (Å²) in [7, 11) is 1.31. The summed E-state index contributed by atoms with van der Waals surface area (Å²) >= 11 is 6.53. The molecule has 0 atom stereocenters. The topological polar surface area (TPSA) is 92.6 Å². The minimum atomic E-state index is -0.488. The summed E-state index contributed by atoms with van der Waals surface area (Å²) in [6.07, 6.45) is 1.39. The van der Waals surface area contributed by atoms with E-state index in [1.165, 1.54) is 30.8 Å². The minimum Gasteiger partial charge on any atom is -0.465 e. The molecule has 1 amide bonds. The maximum Gasteiger partial charge on any atom is 0.340 e. The number of nitrogens with one attached hydrogen (secondary N) is 3. The van der Waals surface area contributed by atoms with Crippen LogP contribution in [0.5, 0.6) is 0 Å². The molecule has 138 valence electrons. The molecule has 3 N–H and O–H groups in total. The van der Waals surface area contributed by atoms with E-state index in [1.807, 2.05) is 30.3 Å². The van der Waals surface area contributed by atoms with E-state index < -0.39 is 11.9 Å². The van der Waals surface area contributed by atoms with Gasteiger partial charge in [0.15, 0.2) is 10.9 Å². The predicted molar refractivity (Wildman–Crippen MR) is 107 cm³/mol. The van der Waals surface area contributed by atoms with Crippen LogP contribution in [0.4, 0.5) is 5.00 Å². The van der Waals surface area contributed by atoms with Crippen molar-refractivity contribution in [3.05, 3.63) is 66.1 Å². The van der Waals surface area contributed by atoms with Gasteiger partial charge < -0.3 is 14.5 Å². The smallest absolute Gasteiger partial charge is 0.340 e. The summed E-state index contributed by atoms with van der Waals surface area (Å²) in [5, 5.41) is 3.53. The van der Waals surface area contributed by atoms with Gasteiger partial charge >= 0.3 is 11.9 Å². The molecule has 0 aliphatic carbocycles. The van der Waals surface area contributed by atoms with Crippen LogP contribution >= 0.6 is 23.6 Å². The third-order valence-electron chi connectivity index (χ3n) is 3.46. The van der Waals surface area contributed by atoms with Crippen LogP contribution in [-0.2, 0) is 4.74 Å². The Morgan fingerprint density at radius 1 is 1.11 bits per heavy atom. The highest BCUT2D eigenvalue weighted by molar-refractivity contribution is 7.80. The average Bonchev–Trinajstić information content (AvgIpc) is 3.36. The van der Waals surface area contributed by atoms with E-state index in [4.69, 9.17) is 21.4 Å². The number of methoxy groups -OCH3 is 1. The fourth-order valence-electron chi connectivity index (χ4n) is 2.21. The third-order valence-corrected chi connectivity index (χ3v) is 4.76. The second kappa shape index (κ2) is 8.47. The Morgan fingerprint density at radius 3 is 2.56 bits per heavy atom. The van der Waals surface area contributed by atoms with Crippen molar-refractivity contribution in [3.63, 3.8) is 0 Å². The summed E-state index contributed by atoms with van der Waals surface area (Å²) in [6, 6.07) is 14.5. The highest BCUT2D eigenvalue weighted by Gasteiger charge is 2.18. The quantitative estimate of drug-likeness (QED) is 0.350. The van der Waals surface area contributed by atoms with Gasteiger partial charge in [0, 0.05) is 4.88 Å². The average molecular weight is 401 g/mol. The Labute approximate surface area is 164 Å². The molecular weight excluding hydrogens is 386 g/mol. The number of hydrogen-bond donors (Lipinski definition) is 3. The predicted octanol–water partition coefficient (Wildman–Crippen LogP) is 3.43. The fraction of sp³-hybridized carbons (Fsp3) is 0.0556. The highest BCUT2D eigenvalue weighted by atomic mass is 32.1. The Hall–Kier alpha value is -3.17. The summed E-state index contributed by atoms with van der Waals surface area (Å²) in [4.78, 5) is 24.8. The number of esters is 1. The largest absolute Gasteiger partial charge is 0.465 e. The van der Waals surface area contributed by atoms with Gasteiger partial charge in [-0.2, -0.15) is 0 Å². The lowest BCUT2D eigenvalue weighted by molar-refractivity contribution is 0.0602. The molecule has 9 heteroatoms. The van der Waals surface area contributed by atoms with Gasteiger partial charge in [-0.1, -0.05) is 30.3 Å². The van der Waals surface area contributed by atoms with Crippen LogP contribution in [0, 0.1) is 0 Å². The lowest BCUT2D eigenvalue weighted by atomic mass is 10.1. The lowest BCUT2D eigenvalue weighted by Gasteiger charge is -2.10. The lowest BCUT2D eigenvalue weighted by Crippen LogP contribution is -2.43. The number of amides is 1. The summed E-state index contributed by atoms with van der Waals surface area (Å²) < 4.78 is 9.83. The Kier molecular flexibility index (Phi) is 5.84. The van der Waals surface area contributed by atoms with Gasteiger partial charge in [0.25, 0.3) is 0 Å². The first-order valence-electron chi connectivity index (χ1n) is 7.77. The number of anilines is 1. The maximum absolute atomic E-state index is 12.1. The SMILES string of the molecule is COC(=O)c1cc(-c2ccccc2)sc1NC(=S)NNC(=O)c1ccco1. The molecule has 0 radical (unpaired) electrons. The second-order valence-electron chi connectivity index (χ2n) is 5.22. The molecule has 0 fully saturated rings. The zero-order valence-corrected chi connectivity index (χ0v) is 15.8. The molecule has 1 aromatic carbocycles. The number of benzene rings is 1. The van der Waals surface area contributed by atoms with Crippen molar-refractivity contribution in [2.75, 3.05) is 12.4 Å². The molecule has 3 aromatic rings. The number of thiocarbonyl (C=S) groups is 1. The molecule has 2 aromatic heterocycles. The second-order valence-corrected chi connectivity index (χ2v) is 6.68. The van der Waals surface area contributed by atoms with Gasteiger partial charge in [-0.3, -0.25) is 15.6 Å². The van der Waals surface area contributed by atoms with E-state index in [9.17, 15) is 9.59 Å². The number of carbonyl (C=O) groups excluding carboxylic acids is 2. The number of hydrogen-bond acceptors (Lipinski definition) is 6. The van der Waals surface area contributed by atoms with E-state index in [1.54, 1.807) is 12.1 Å². The summed E-state index contributed by atoms with van der Waals surface area (Å²) in [6.45, 7) is 0. The summed E-state index contributed by atoms with van der Waals surface area (Å²) in [5.41, 5.74) is 6.29. The number of rotatable bonds is 4. The van der Waals surface area contributed by atoms with Gasteiger partial charge in [0.05, 0.1) is 18.9 Å². The van der Waals surface area contributed by atoms with Gasteiger partial charge in [-0.15, -0.1) is 11.3 Å². The Balaban J connectivity index is 1.72. The van der Waals surface area contributed by atoms with E-state index in [0.717, 1.165) is 10.4 Å². The van der Waals surface area contributed by atoms with E-state index in [-0.39, 0.29) is 10.9 Å². The van der Waals surface area contributed by atoms with Crippen molar-refractivity contribution in [3.8, 4) is 10.4 Å². The molecule has 0 aliphatic rings. The van der Waals surface area contributed by atoms with E-state index in [2.05, 4.69) is 16.2 Å². The number of furan rings is 1. The van der Waals surface area contributed by atoms with Gasteiger partial charge in [0.1, 0.15) is 5.00 Å². The molecule has 0 saturated carbocycles. The Morgan fingerprint density at radius 2 is 1.89 bits per heavy atom. The van der Waals surface area contributed by atoms with Crippen molar-refractivity contribution in [1.29, 1.82) is 0 Å². The number of ether oxygens (including phenoxy) is 1. The summed E-state index contributed by atoms with van der Waals surface area (Å²) in [5.74, 6) is -0.824. The van der Waals surface area contributed by atoms with Crippen LogP contribution in [0.25, 0.3) is 10.4 Å². The van der Waals surface area contributed by atoms with Crippen LogP contribution in [0.2, 0.25) is 0 Å². The van der Waals surface area contributed by atoms with Gasteiger partial charge in [-0.05, 0) is 36.0 Å². The Bertz CT molecular complexity index is 952. The molecule has 27 heavy (non-hydrogen) atoms. The first-order valence-corrected chi connectivity index (χ1v) is 8.99. The van der Waals surface area contributed by atoms with Crippen molar-refractivity contribution in [2.24, 2.45) is 0 Å². The maximum atomic E-state index is 12.1.